The maximum Gasteiger partial charge on any atom is 0.164 e. The minimum atomic E-state index is 0.622. The van der Waals surface area contributed by atoms with E-state index in [9.17, 15) is 0 Å². The first-order valence-electron chi connectivity index (χ1n) is 18.6. The molecular weight excluding hydrogens is 703 g/mol. The molecule has 56 heavy (non-hydrogen) atoms. The van der Waals surface area contributed by atoms with Crippen molar-refractivity contribution in [1.82, 2.24) is 24.5 Å². The first-order valence-corrected chi connectivity index (χ1v) is 19.4. The fraction of sp³-hybridized carbons (Fsp3) is 0. The lowest BCUT2D eigenvalue weighted by Crippen LogP contribution is -2.00. The molecule has 0 N–H and O–H groups in total. The summed E-state index contributed by atoms with van der Waals surface area (Å²) in [6.07, 6.45) is 3.66. The van der Waals surface area contributed by atoms with Gasteiger partial charge in [0.1, 0.15) is 0 Å². The maximum atomic E-state index is 5.04. The highest BCUT2D eigenvalue weighted by Crippen LogP contribution is 2.41. The standard InChI is InChI=1S/C50H31N5S/c1-3-11-33(12-4-1)48-52-49(54-50(53-48)37-14-9-13-35(27-37)38-15-10-26-51-31-38)34-22-20-32(21-23-34)36-24-25-44-41(28-36)42-30-47-43(40-18-7-8-19-46(40)56-47)29-45(42)55(44)39-16-5-2-6-17-39/h1-31H. The van der Waals surface area contributed by atoms with Crippen molar-refractivity contribution in [3.63, 3.8) is 0 Å². The van der Waals surface area contributed by atoms with Gasteiger partial charge in [-0.25, -0.2) is 15.0 Å². The van der Waals surface area contributed by atoms with Crippen LogP contribution in [0.1, 0.15) is 0 Å². The lowest BCUT2D eigenvalue weighted by atomic mass is 10.0. The zero-order chi connectivity index (χ0) is 37.0. The van der Waals surface area contributed by atoms with Crippen LogP contribution in [0.5, 0.6) is 0 Å². The average molecular weight is 734 g/mol. The van der Waals surface area contributed by atoms with Crippen LogP contribution >= 0.6 is 11.3 Å². The molecule has 4 heterocycles. The summed E-state index contributed by atoms with van der Waals surface area (Å²) in [5.74, 6) is 1.88. The van der Waals surface area contributed by atoms with E-state index in [1.165, 1.54) is 42.0 Å². The summed E-state index contributed by atoms with van der Waals surface area (Å²) in [5, 5.41) is 5.08. The fourth-order valence-electron chi connectivity index (χ4n) is 7.81. The predicted molar refractivity (Wildman–Crippen MR) is 232 cm³/mol. The Bertz CT molecular complexity index is 3230. The fourth-order valence-corrected chi connectivity index (χ4v) is 8.93. The number of pyridine rings is 1. The number of nitrogens with zero attached hydrogens (tertiary/aromatic N) is 5. The molecule has 0 aliphatic rings. The van der Waals surface area contributed by atoms with Gasteiger partial charge in [-0.1, -0.05) is 121 Å². The Kier molecular flexibility index (Phi) is 7.60. The van der Waals surface area contributed by atoms with Crippen LogP contribution in [0.3, 0.4) is 0 Å². The number of thiophene rings is 1. The van der Waals surface area contributed by atoms with Crippen LogP contribution in [-0.2, 0) is 0 Å². The molecule has 0 unspecified atom stereocenters. The molecule has 11 aromatic rings. The Labute approximate surface area is 326 Å². The third kappa shape index (κ3) is 5.54. The van der Waals surface area contributed by atoms with E-state index < -0.39 is 0 Å². The molecule has 7 aromatic carbocycles. The second-order valence-corrected chi connectivity index (χ2v) is 15.0. The number of hydrogen-bond acceptors (Lipinski definition) is 5. The molecular formula is C50H31N5S. The van der Waals surface area contributed by atoms with Gasteiger partial charge in [-0.05, 0) is 71.3 Å². The second-order valence-electron chi connectivity index (χ2n) is 13.9. The lowest BCUT2D eigenvalue weighted by Gasteiger charge is -2.10. The number of fused-ring (bicyclic) bond motifs is 6. The maximum absolute atomic E-state index is 5.04. The molecule has 0 spiro atoms. The van der Waals surface area contributed by atoms with Gasteiger partial charge in [-0.2, -0.15) is 0 Å². The van der Waals surface area contributed by atoms with Crippen molar-refractivity contribution in [3.8, 4) is 62.1 Å². The third-order valence-corrected chi connectivity index (χ3v) is 11.7. The van der Waals surface area contributed by atoms with E-state index in [0.717, 1.165) is 44.6 Å². The van der Waals surface area contributed by atoms with E-state index in [1.54, 1.807) is 6.20 Å². The Morgan fingerprint density at radius 2 is 0.964 bits per heavy atom. The predicted octanol–water partition coefficient (Wildman–Crippen LogP) is 13.1. The summed E-state index contributed by atoms with van der Waals surface area (Å²) < 4.78 is 5.01. The van der Waals surface area contributed by atoms with E-state index in [4.69, 9.17) is 15.0 Å². The van der Waals surface area contributed by atoms with E-state index >= 15 is 0 Å². The number of para-hydroxylation sites is 1. The zero-order valence-electron chi connectivity index (χ0n) is 30.0. The van der Waals surface area contributed by atoms with Crippen molar-refractivity contribution >= 4 is 53.3 Å². The first-order chi connectivity index (χ1) is 27.7. The number of rotatable bonds is 6. The molecule has 0 bridgehead atoms. The van der Waals surface area contributed by atoms with Gasteiger partial charge in [0.05, 0.1) is 11.0 Å². The SMILES string of the molecule is c1ccc(-c2nc(-c3ccc(-c4ccc5c(c4)c4cc6sc7ccccc7c6cc4n5-c4ccccc4)cc3)nc(-c3cccc(-c4cccnc4)c3)n2)cc1. The molecule has 5 nitrogen and oxygen atoms in total. The number of aromatic nitrogens is 5. The molecule has 4 aromatic heterocycles. The van der Waals surface area contributed by atoms with Gasteiger partial charge in [0.15, 0.2) is 17.5 Å². The van der Waals surface area contributed by atoms with Crippen LogP contribution in [0.4, 0.5) is 0 Å². The van der Waals surface area contributed by atoms with Gasteiger partial charge in [-0.15, -0.1) is 11.3 Å². The third-order valence-electron chi connectivity index (χ3n) is 10.5. The molecule has 11 rings (SSSR count). The zero-order valence-corrected chi connectivity index (χ0v) is 30.9. The molecule has 0 saturated carbocycles. The quantitative estimate of drug-likeness (QED) is 0.171. The summed E-state index contributed by atoms with van der Waals surface area (Å²) in [5.41, 5.74) is 10.7. The lowest BCUT2D eigenvalue weighted by molar-refractivity contribution is 1.07. The van der Waals surface area contributed by atoms with Gasteiger partial charge in [0, 0.05) is 71.3 Å². The minimum absolute atomic E-state index is 0.622. The van der Waals surface area contributed by atoms with Gasteiger partial charge >= 0.3 is 0 Å². The summed E-state index contributed by atoms with van der Waals surface area (Å²) >= 11 is 1.86. The largest absolute Gasteiger partial charge is 0.309 e. The molecule has 0 aliphatic heterocycles. The molecule has 0 aliphatic carbocycles. The van der Waals surface area contributed by atoms with Crippen LogP contribution in [0, 0.1) is 0 Å². The van der Waals surface area contributed by atoms with Gasteiger partial charge in [-0.3, -0.25) is 4.98 Å². The van der Waals surface area contributed by atoms with Crippen molar-refractivity contribution < 1.29 is 0 Å². The molecule has 0 atom stereocenters. The highest BCUT2D eigenvalue weighted by molar-refractivity contribution is 7.25. The Hall–Kier alpha value is -7.28. The number of benzene rings is 7. The summed E-state index contributed by atoms with van der Waals surface area (Å²) in [6, 6.07) is 62.0. The van der Waals surface area contributed by atoms with E-state index in [0.29, 0.717) is 17.5 Å². The van der Waals surface area contributed by atoms with Crippen LogP contribution in [-0.4, -0.2) is 24.5 Å². The summed E-state index contributed by atoms with van der Waals surface area (Å²) in [6.45, 7) is 0. The van der Waals surface area contributed by atoms with Crippen LogP contribution in [0.15, 0.2) is 188 Å². The van der Waals surface area contributed by atoms with Crippen LogP contribution in [0.2, 0.25) is 0 Å². The van der Waals surface area contributed by atoms with Gasteiger partial charge in [0.25, 0.3) is 0 Å². The van der Waals surface area contributed by atoms with E-state index in [2.05, 4.69) is 137 Å². The smallest absolute Gasteiger partial charge is 0.164 e. The molecule has 0 fully saturated rings. The molecule has 6 heteroatoms. The molecule has 0 saturated heterocycles. The van der Waals surface area contributed by atoms with Crippen LogP contribution in [0.25, 0.3) is 104 Å². The average Bonchev–Trinajstić information content (AvgIpc) is 3.80. The highest BCUT2D eigenvalue weighted by atomic mass is 32.1. The Balaban J connectivity index is 1.02. The van der Waals surface area contributed by atoms with Crippen molar-refractivity contribution in [2.45, 2.75) is 0 Å². The Morgan fingerprint density at radius 1 is 0.357 bits per heavy atom. The van der Waals surface area contributed by atoms with Gasteiger partial charge in [0.2, 0.25) is 0 Å². The van der Waals surface area contributed by atoms with Crippen LogP contribution < -0.4 is 0 Å². The first kappa shape index (κ1) is 32.2. The van der Waals surface area contributed by atoms with Gasteiger partial charge < -0.3 is 4.57 Å². The number of hydrogen-bond donors (Lipinski definition) is 0. The highest BCUT2D eigenvalue weighted by Gasteiger charge is 2.17. The van der Waals surface area contributed by atoms with Crippen molar-refractivity contribution in [2.24, 2.45) is 0 Å². The molecule has 0 radical (unpaired) electrons. The van der Waals surface area contributed by atoms with Crippen molar-refractivity contribution in [2.75, 3.05) is 0 Å². The molecule has 0 amide bonds. The summed E-state index contributed by atoms with van der Waals surface area (Å²) in [7, 11) is 0. The second kappa shape index (κ2) is 13.2. The molecule has 262 valence electrons. The normalized spacial score (nSPS) is 11.6. The minimum Gasteiger partial charge on any atom is -0.309 e. The summed E-state index contributed by atoms with van der Waals surface area (Å²) in [4.78, 5) is 19.3. The topological polar surface area (TPSA) is 56.5 Å². The van der Waals surface area contributed by atoms with E-state index in [-0.39, 0.29) is 0 Å². The monoisotopic (exact) mass is 733 g/mol. The van der Waals surface area contributed by atoms with E-state index in [1.807, 2.05) is 66.1 Å². The van der Waals surface area contributed by atoms with Crippen molar-refractivity contribution in [3.05, 3.63) is 188 Å². The van der Waals surface area contributed by atoms with Crippen molar-refractivity contribution in [1.29, 1.82) is 0 Å². The Morgan fingerprint density at radius 3 is 1.75 bits per heavy atom.